The van der Waals surface area contributed by atoms with Crippen molar-refractivity contribution in [2.24, 2.45) is 0 Å². The van der Waals surface area contributed by atoms with Crippen LogP contribution < -0.4 is 4.74 Å². The molecule has 0 bridgehead atoms. The van der Waals surface area contributed by atoms with Crippen LogP contribution in [0.2, 0.25) is 5.02 Å². The first-order valence-electron chi connectivity index (χ1n) is 7.43. The molecule has 4 heteroatoms. The number of carbonyl (C=O) groups excluding carboxylic acids is 1. The summed E-state index contributed by atoms with van der Waals surface area (Å²) >= 11 is 6.18. The highest BCUT2D eigenvalue weighted by molar-refractivity contribution is 6.35. The summed E-state index contributed by atoms with van der Waals surface area (Å²) in [6.45, 7) is 1.98. The van der Waals surface area contributed by atoms with Crippen LogP contribution in [0.25, 0.3) is 10.8 Å². The molecule has 116 valence electrons. The number of benzene rings is 2. The van der Waals surface area contributed by atoms with Gasteiger partial charge in [-0.25, -0.2) is 0 Å². The van der Waals surface area contributed by atoms with E-state index in [1.165, 1.54) is 0 Å². The van der Waals surface area contributed by atoms with Crippen molar-refractivity contribution >= 4 is 28.3 Å². The summed E-state index contributed by atoms with van der Waals surface area (Å²) in [6.07, 6.45) is 3.78. The van der Waals surface area contributed by atoms with Crippen molar-refractivity contribution in [3.63, 3.8) is 0 Å². The summed E-state index contributed by atoms with van der Waals surface area (Å²) in [5.41, 5.74) is 1.02. The summed E-state index contributed by atoms with van der Waals surface area (Å²) in [5.74, 6) is 0.317. The number of pyridine rings is 1. The first-order chi connectivity index (χ1) is 11.1. The van der Waals surface area contributed by atoms with E-state index < -0.39 is 0 Å². The van der Waals surface area contributed by atoms with Gasteiger partial charge >= 0.3 is 5.97 Å². The van der Waals surface area contributed by atoms with Crippen LogP contribution in [0.4, 0.5) is 0 Å². The van der Waals surface area contributed by atoms with Crippen molar-refractivity contribution in [3.8, 4) is 5.75 Å². The first kappa shape index (κ1) is 15.5. The van der Waals surface area contributed by atoms with Gasteiger partial charge in [0.25, 0.3) is 0 Å². The molecule has 1 atom stereocenters. The third-order valence-corrected chi connectivity index (χ3v) is 4.11. The molecule has 1 heterocycles. The average Bonchev–Trinajstić information content (AvgIpc) is 2.58. The normalized spacial score (nSPS) is 12.1. The van der Waals surface area contributed by atoms with E-state index in [4.69, 9.17) is 16.3 Å². The Labute approximate surface area is 139 Å². The van der Waals surface area contributed by atoms with Crippen LogP contribution in [0, 0.1) is 0 Å². The number of hydrogen-bond donors (Lipinski definition) is 0. The number of halogens is 1. The lowest BCUT2D eigenvalue weighted by Crippen LogP contribution is -2.12. The topological polar surface area (TPSA) is 39.2 Å². The lowest BCUT2D eigenvalue weighted by Gasteiger charge is -2.12. The molecule has 0 fully saturated rings. The number of nitrogens with zero attached hydrogens (tertiary/aromatic N) is 1. The van der Waals surface area contributed by atoms with E-state index in [9.17, 15) is 4.79 Å². The smallest absolute Gasteiger partial charge is 0.311 e. The van der Waals surface area contributed by atoms with Gasteiger partial charge in [-0.1, -0.05) is 48.9 Å². The lowest BCUT2D eigenvalue weighted by atomic mass is 10.00. The summed E-state index contributed by atoms with van der Waals surface area (Å²) in [4.78, 5) is 16.3. The molecule has 0 N–H and O–H groups in total. The van der Waals surface area contributed by atoms with Gasteiger partial charge in [0.1, 0.15) is 5.75 Å². The Kier molecular flexibility index (Phi) is 4.58. The molecule has 23 heavy (non-hydrogen) atoms. The Morgan fingerprint density at radius 1 is 1.13 bits per heavy atom. The second-order valence-electron chi connectivity index (χ2n) is 5.46. The lowest BCUT2D eigenvalue weighted by molar-refractivity contribution is -0.134. The highest BCUT2D eigenvalue weighted by Crippen LogP contribution is 2.31. The van der Waals surface area contributed by atoms with Gasteiger partial charge < -0.3 is 4.74 Å². The highest BCUT2D eigenvalue weighted by atomic mass is 35.5. The molecule has 3 aromatic rings. The fourth-order valence-corrected chi connectivity index (χ4v) is 2.75. The van der Waals surface area contributed by atoms with Crippen molar-refractivity contribution < 1.29 is 9.53 Å². The van der Waals surface area contributed by atoms with Crippen LogP contribution in [0.15, 0.2) is 60.9 Å². The molecule has 0 radical (unpaired) electrons. The van der Waals surface area contributed by atoms with E-state index in [2.05, 4.69) is 4.98 Å². The van der Waals surface area contributed by atoms with Crippen molar-refractivity contribution in [2.45, 2.75) is 19.3 Å². The van der Waals surface area contributed by atoms with Gasteiger partial charge in [0.05, 0.1) is 6.42 Å². The first-order valence-corrected chi connectivity index (χ1v) is 7.81. The molecular formula is C19H16ClNO2. The van der Waals surface area contributed by atoms with Gasteiger partial charge in [-0.15, -0.1) is 0 Å². The predicted octanol–water partition coefficient (Wildman–Crippen LogP) is 4.99. The maximum Gasteiger partial charge on any atom is 0.311 e. The number of carbonyl (C=O) groups is 1. The molecule has 0 saturated carbocycles. The molecule has 3 rings (SSSR count). The summed E-state index contributed by atoms with van der Waals surface area (Å²) in [5, 5.41) is 2.35. The highest BCUT2D eigenvalue weighted by Gasteiger charge is 2.15. The van der Waals surface area contributed by atoms with Crippen LogP contribution >= 0.6 is 11.6 Å². The second-order valence-corrected chi connectivity index (χ2v) is 5.86. The van der Waals surface area contributed by atoms with Crippen molar-refractivity contribution in [1.82, 2.24) is 4.98 Å². The molecule has 0 amide bonds. The maximum absolute atomic E-state index is 12.2. The van der Waals surface area contributed by atoms with Gasteiger partial charge in [0.2, 0.25) is 0 Å². The molecule has 0 aliphatic carbocycles. The van der Waals surface area contributed by atoms with Gasteiger partial charge in [-0.3, -0.25) is 9.78 Å². The van der Waals surface area contributed by atoms with Gasteiger partial charge in [0.15, 0.2) is 0 Å². The number of ether oxygens (including phenoxy) is 1. The van der Waals surface area contributed by atoms with E-state index in [1.54, 1.807) is 24.5 Å². The van der Waals surface area contributed by atoms with Crippen LogP contribution in [0.3, 0.4) is 0 Å². The van der Waals surface area contributed by atoms with E-state index >= 15 is 0 Å². The Morgan fingerprint density at radius 3 is 2.65 bits per heavy atom. The zero-order chi connectivity index (χ0) is 16.2. The monoisotopic (exact) mass is 325 g/mol. The summed E-state index contributed by atoms with van der Waals surface area (Å²) in [6, 6.07) is 14.9. The van der Waals surface area contributed by atoms with Crippen LogP contribution in [-0.4, -0.2) is 11.0 Å². The molecule has 1 unspecified atom stereocenters. The quantitative estimate of drug-likeness (QED) is 0.501. The number of fused-ring (bicyclic) bond motifs is 1. The SMILES string of the molecule is CC(CC(=O)Oc1ccc(Cl)c2ccccc12)c1cccnc1. The molecule has 0 spiro atoms. The summed E-state index contributed by atoms with van der Waals surface area (Å²) in [7, 11) is 0. The van der Waals surface area contributed by atoms with Gasteiger partial charge in [-0.05, 0) is 29.7 Å². The fraction of sp³-hybridized carbons (Fsp3) is 0.158. The third-order valence-electron chi connectivity index (χ3n) is 3.78. The third kappa shape index (κ3) is 3.51. The Hall–Kier alpha value is -2.39. The van der Waals surface area contributed by atoms with Gasteiger partial charge in [-0.2, -0.15) is 0 Å². The minimum absolute atomic E-state index is 0.0507. The van der Waals surface area contributed by atoms with Crippen molar-refractivity contribution in [3.05, 3.63) is 71.5 Å². The number of rotatable bonds is 4. The zero-order valence-electron chi connectivity index (χ0n) is 12.7. The number of hydrogen-bond acceptors (Lipinski definition) is 3. The zero-order valence-corrected chi connectivity index (χ0v) is 13.5. The van der Waals surface area contributed by atoms with E-state index in [-0.39, 0.29) is 11.9 Å². The predicted molar refractivity (Wildman–Crippen MR) is 91.9 cm³/mol. The minimum atomic E-state index is -0.270. The second kappa shape index (κ2) is 6.80. The average molecular weight is 326 g/mol. The molecule has 2 aromatic carbocycles. The Balaban J connectivity index is 1.77. The van der Waals surface area contributed by atoms with E-state index in [1.807, 2.05) is 43.3 Å². The Bertz CT molecular complexity index is 833. The van der Waals surface area contributed by atoms with Crippen molar-refractivity contribution in [2.75, 3.05) is 0 Å². The standard InChI is InChI=1S/C19H16ClNO2/c1-13(14-5-4-10-21-12-14)11-19(22)23-18-9-8-17(20)15-6-2-3-7-16(15)18/h2-10,12-13H,11H2,1H3. The Morgan fingerprint density at radius 2 is 1.91 bits per heavy atom. The number of esters is 1. The van der Waals surface area contributed by atoms with Crippen molar-refractivity contribution in [1.29, 1.82) is 0 Å². The van der Waals surface area contributed by atoms with Crippen LogP contribution in [0.5, 0.6) is 5.75 Å². The fourth-order valence-electron chi connectivity index (χ4n) is 2.52. The molecule has 3 nitrogen and oxygen atoms in total. The minimum Gasteiger partial charge on any atom is -0.426 e. The maximum atomic E-state index is 12.2. The molecule has 1 aromatic heterocycles. The van der Waals surface area contributed by atoms with E-state index in [0.717, 1.165) is 16.3 Å². The van der Waals surface area contributed by atoms with E-state index in [0.29, 0.717) is 17.2 Å². The molecule has 0 aliphatic rings. The molecule has 0 aliphatic heterocycles. The largest absolute Gasteiger partial charge is 0.426 e. The van der Waals surface area contributed by atoms with Gasteiger partial charge in [0, 0.05) is 28.2 Å². The number of aromatic nitrogens is 1. The molecule has 0 saturated heterocycles. The summed E-state index contributed by atoms with van der Waals surface area (Å²) < 4.78 is 5.56. The van der Waals surface area contributed by atoms with Crippen LogP contribution in [0.1, 0.15) is 24.8 Å². The van der Waals surface area contributed by atoms with Crippen LogP contribution in [-0.2, 0) is 4.79 Å². The molecular weight excluding hydrogens is 310 g/mol.